The van der Waals surface area contributed by atoms with Gasteiger partial charge in [0.15, 0.2) is 11.6 Å². The smallest absolute Gasteiger partial charge is 0.171 e. The molecule has 0 atom stereocenters. The number of rotatable bonds is 9. The Balaban J connectivity index is 2.85. The van der Waals surface area contributed by atoms with Gasteiger partial charge in [-0.25, -0.2) is 4.98 Å². The van der Waals surface area contributed by atoms with E-state index in [9.17, 15) is 0 Å². The van der Waals surface area contributed by atoms with Crippen molar-refractivity contribution in [2.75, 3.05) is 38.3 Å². The van der Waals surface area contributed by atoms with Crippen LogP contribution >= 0.6 is 0 Å². The lowest BCUT2D eigenvalue weighted by Gasteiger charge is -2.25. The highest BCUT2D eigenvalue weighted by Gasteiger charge is 2.14. The number of ether oxygens (including phenoxy) is 2. The van der Waals surface area contributed by atoms with Crippen molar-refractivity contribution in [1.82, 2.24) is 4.98 Å². The quantitative estimate of drug-likeness (QED) is 0.737. The Morgan fingerprint density at radius 3 is 2.79 bits per heavy atom. The third-order valence-corrected chi connectivity index (χ3v) is 2.61. The molecule has 1 heterocycles. The number of nitrogens with zero attached hydrogens (tertiary/aromatic N) is 2. The van der Waals surface area contributed by atoms with Crippen molar-refractivity contribution in [2.24, 2.45) is 5.73 Å². The molecule has 0 bridgehead atoms. The maximum Gasteiger partial charge on any atom is 0.171 e. The first-order chi connectivity index (χ1) is 9.19. The third kappa shape index (κ3) is 5.44. The second-order valence-electron chi connectivity index (χ2n) is 4.61. The fourth-order valence-corrected chi connectivity index (χ4v) is 1.77. The van der Waals surface area contributed by atoms with Crippen LogP contribution in [0, 0.1) is 0 Å². The van der Waals surface area contributed by atoms with Gasteiger partial charge in [-0.2, -0.15) is 0 Å². The van der Waals surface area contributed by atoms with Crippen LogP contribution in [-0.2, 0) is 4.74 Å². The molecule has 0 radical (unpaired) electrons. The zero-order valence-electron chi connectivity index (χ0n) is 12.1. The van der Waals surface area contributed by atoms with E-state index >= 15 is 0 Å². The average Bonchev–Trinajstić information content (AvgIpc) is 2.39. The first kappa shape index (κ1) is 15.7. The predicted octanol–water partition coefficient (Wildman–Crippen LogP) is 1.67. The number of hydrogen-bond donors (Lipinski definition) is 1. The van der Waals surface area contributed by atoms with E-state index in [0.29, 0.717) is 13.2 Å². The summed E-state index contributed by atoms with van der Waals surface area (Å²) in [6, 6.07) is 3.84. The summed E-state index contributed by atoms with van der Waals surface area (Å²) in [5.41, 5.74) is 5.59. The Morgan fingerprint density at radius 1 is 1.37 bits per heavy atom. The van der Waals surface area contributed by atoms with Crippen molar-refractivity contribution in [3.63, 3.8) is 0 Å². The van der Waals surface area contributed by atoms with Gasteiger partial charge in [-0.3, -0.25) is 0 Å². The van der Waals surface area contributed by atoms with Gasteiger partial charge in [0, 0.05) is 26.4 Å². The Morgan fingerprint density at radius 2 is 2.16 bits per heavy atom. The molecule has 2 N–H and O–H groups in total. The molecule has 0 aliphatic heterocycles. The molecule has 0 amide bonds. The van der Waals surface area contributed by atoms with Crippen LogP contribution in [0.25, 0.3) is 0 Å². The van der Waals surface area contributed by atoms with E-state index < -0.39 is 0 Å². The van der Waals surface area contributed by atoms with Crippen LogP contribution < -0.4 is 15.4 Å². The molecule has 0 saturated heterocycles. The van der Waals surface area contributed by atoms with Crippen molar-refractivity contribution in [3.05, 3.63) is 18.3 Å². The molecule has 1 aromatic heterocycles. The molecule has 0 saturated carbocycles. The molecule has 0 aliphatic carbocycles. The minimum atomic E-state index is 0.127. The standard InChI is InChI=1S/C14H25N3O2/c1-12(2)19-13-6-4-8-16-14(13)17(9-5-7-15)10-11-18-3/h4,6,8,12H,5,7,9-11,15H2,1-3H3. The molecule has 5 nitrogen and oxygen atoms in total. The zero-order valence-corrected chi connectivity index (χ0v) is 12.1. The highest BCUT2D eigenvalue weighted by Crippen LogP contribution is 2.26. The molecule has 1 aromatic rings. The second-order valence-corrected chi connectivity index (χ2v) is 4.61. The summed E-state index contributed by atoms with van der Waals surface area (Å²) in [7, 11) is 1.70. The van der Waals surface area contributed by atoms with Crippen LogP contribution in [0.15, 0.2) is 18.3 Å². The van der Waals surface area contributed by atoms with E-state index in [1.807, 2.05) is 26.0 Å². The largest absolute Gasteiger partial charge is 0.487 e. The molecule has 0 fully saturated rings. The molecule has 5 heteroatoms. The van der Waals surface area contributed by atoms with Gasteiger partial charge in [0.2, 0.25) is 0 Å². The molecule has 0 aromatic carbocycles. The summed E-state index contributed by atoms with van der Waals surface area (Å²) in [5.74, 6) is 1.67. The highest BCUT2D eigenvalue weighted by atomic mass is 16.5. The lowest BCUT2D eigenvalue weighted by atomic mass is 10.3. The van der Waals surface area contributed by atoms with Crippen molar-refractivity contribution >= 4 is 5.82 Å². The Bertz CT molecular complexity index is 350. The summed E-state index contributed by atoms with van der Waals surface area (Å²) in [4.78, 5) is 6.60. The fourth-order valence-electron chi connectivity index (χ4n) is 1.77. The van der Waals surface area contributed by atoms with E-state index in [1.165, 1.54) is 0 Å². The number of pyridine rings is 1. The number of anilines is 1. The predicted molar refractivity (Wildman–Crippen MR) is 77.8 cm³/mol. The van der Waals surface area contributed by atoms with Gasteiger partial charge >= 0.3 is 0 Å². The first-order valence-electron chi connectivity index (χ1n) is 6.74. The van der Waals surface area contributed by atoms with Gasteiger partial charge < -0.3 is 20.1 Å². The maximum atomic E-state index is 5.81. The average molecular weight is 267 g/mol. The topological polar surface area (TPSA) is 60.6 Å². The summed E-state index contributed by atoms with van der Waals surface area (Å²) in [6.07, 6.45) is 2.83. The minimum absolute atomic E-state index is 0.127. The summed E-state index contributed by atoms with van der Waals surface area (Å²) in [5, 5.41) is 0. The lowest BCUT2D eigenvalue weighted by molar-refractivity contribution is 0.204. The minimum Gasteiger partial charge on any atom is -0.487 e. The van der Waals surface area contributed by atoms with E-state index in [1.54, 1.807) is 13.3 Å². The van der Waals surface area contributed by atoms with Crippen LogP contribution in [0.4, 0.5) is 5.82 Å². The number of hydrogen-bond acceptors (Lipinski definition) is 5. The molecule has 0 aliphatic rings. The van der Waals surface area contributed by atoms with Gasteiger partial charge in [0.1, 0.15) is 0 Å². The Hall–Kier alpha value is -1.33. The number of aromatic nitrogens is 1. The first-order valence-corrected chi connectivity index (χ1v) is 6.74. The van der Waals surface area contributed by atoms with Crippen LogP contribution in [0.2, 0.25) is 0 Å². The molecule has 1 rings (SSSR count). The SMILES string of the molecule is COCCN(CCCN)c1ncccc1OC(C)C. The maximum absolute atomic E-state index is 5.81. The van der Waals surface area contributed by atoms with Crippen molar-refractivity contribution in [2.45, 2.75) is 26.4 Å². The monoisotopic (exact) mass is 267 g/mol. The molecule has 0 spiro atoms. The molecule has 19 heavy (non-hydrogen) atoms. The summed E-state index contributed by atoms with van der Waals surface area (Å²) in [6.45, 7) is 6.97. The lowest BCUT2D eigenvalue weighted by Crippen LogP contribution is -2.31. The van der Waals surface area contributed by atoms with Crippen molar-refractivity contribution < 1.29 is 9.47 Å². The molecule has 108 valence electrons. The molecule has 0 unspecified atom stereocenters. The second kappa shape index (κ2) is 8.72. The van der Waals surface area contributed by atoms with Crippen molar-refractivity contribution in [1.29, 1.82) is 0 Å². The van der Waals surface area contributed by atoms with E-state index in [4.69, 9.17) is 15.2 Å². The van der Waals surface area contributed by atoms with Gasteiger partial charge in [0.05, 0.1) is 12.7 Å². The van der Waals surface area contributed by atoms with Gasteiger partial charge in [-0.05, 0) is 38.9 Å². The van der Waals surface area contributed by atoms with Crippen LogP contribution in [0.1, 0.15) is 20.3 Å². The normalized spacial score (nSPS) is 10.8. The van der Waals surface area contributed by atoms with Crippen LogP contribution in [0.5, 0.6) is 5.75 Å². The van der Waals surface area contributed by atoms with Crippen LogP contribution in [0.3, 0.4) is 0 Å². The highest BCUT2D eigenvalue weighted by molar-refractivity contribution is 5.52. The van der Waals surface area contributed by atoms with Crippen molar-refractivity contribution in [3.8, 4) is 5.75 Å². The van der Waals surface area contributed by atoms with E-state index in [2.05, 4.69) is 9.88 Å². The molecular formula is C14H25N3O2. The third-order valence-electron chi connectivity index (χ3n) is 2.61. The zero-order chi connectivity index (χ0) is 14.1. The fraction of sp³-hybridized carbons (Fsp3) is 0.643. The van der Waals surface area contributed by atoms with Gasteiger partial charge in [-0.1, -0.05) is 0 Å². The van der Waals surface area contributed by atoms with Gasteiger partial charge in [0.25, 0.3) is 0 Å². The molecular weight excluding hydrogens is 242 g/mol. The Labute approximate surface area is 115 Å². The Kier molecular flexibility index (Phi) is 7.22. The number of methoxy groups -OCH3 is 1. The van der Waals surface area contributed by atoms with E-state index in [0.717, 1.165) is 31.1 Å². The summed E-state index contributed by atoms with van der Waals surface area (Å²) >= 11 is 0. The van der Waals surface area contributed by atoms with E-state index in [-0.39, 0.29) is 6.10 Å². The summed E-state index contributed by atoms with van der Waals surface area (Å²) < 4.78 is 11.0. The van der Waals surface area contributed by atoms with Gasteiger partial charge in [-0.15, -0.1) is 0 Å². The number of nitrogens with two attached hydrogens (primary N) is 1. The van der Waals surface area contributed by atoms with Crippen LogP contribution in [-0.4, -0.2) is 44.4 Å².